The summed E-state index contributed by atoms with van der Waals surface area (Å²) in [7, 11) is 0. The second kappa shape index (κ2) is 7.34. The first-order valence-corrected chi connectivity index (χ1v) is 7.31. The summed E-state index contributed by atoms with van der Waals surface area (Å²) in [5.74, 6) is -4.25. The molecule has 0 radical (unpaired) electrons. The lowest BCUT2D eigenvalue weighted by atomic mass is 10.2. The Bertz CT molecular complexity index is 602. The van der Waals surface area contributed by atoms with Gasteiger partial charge >= 0.3 is 0 Å². The topological polar surface area (TPSA) is 52.7 Å². The average molecular weight is 329 g/mol. The van der Waals surface area contributed by atoms with Crippen LogP contribution in [0.15, 0.2) is 12.1 Å². The number of hydrogen-bond donors (Lipinski definition) is 1. The first-order chi connectivity index (χ1) is 10.9. The van der Waals surface area contributed by atoms with Gasteiger partial charge in [-0.2, -0.15) is 0 Å². The molecule has 1 aliphatic rings. The molecule has 1 N–H and O–H groups in total. The third-order valence-corrected chi connectivity index (χ3v) is 3.77. The van der Waals surface area contributed by atoms with Crippen LogP contribution in [-0.4, -0.2) is 54.3 Å². The van der Waals surface area contributed by atoms with Crippen molar-refractivity contribution in [2.24, 2.45) is 0 Å². The van der Waals surface area contributed by atoms with Crippen LogP contribution < -0.4 is 5.32 Å². The zero-order valence-electron chi connectivity index (χ0n) is 12.7. The Morgan fingerprint density at radius 2 is 1.65 bits per heavy atom. The molecule has 0 spiro atoms. The Morgan fingerprint density at radius 1 is 1.04 bits per heavy atom. The molecule has 1 saturated heterocycles. The van der Waals surface area contributed by atoms with Crippen LogP contribution in [-0.2, 0) is 9.59 Å². The van der Waals surface area contributed by atoms with Crippen molar-refractivity contribution in [3.05, 3.63) is 29.6 Å². The Morgan fingerprint density at radius 3 is 2.26 bits per heavy atom. The molecule has 0 bridgehead atoms. The van der Waals surface area contributed by atoms with Gasteiger partial charge < -0.3 is 15.1 Å². The Hall–Kier alpha value is -2.25. The summed E-state index contributed by atoms with van der Waals surface area (Å²) in [6.45, 7) is 3.49. The SMILES string of the molecule is CC(=O)N1CCN(C(=O)CCNc2ccc(F)c(F)c2F)CC1. The van der Waals surface area contributed by atoms with Crippen LogP contribution in [0.2, 0.25) is 0 Å². The molecule has 1 fully saturated rings. The normalized spacial score (nSPS) is 14.8. The number of amides is 2. The molecule has 1 aromatic carbocycles. The van der Waals surface area contributed by atoms with E-state index in [-0.39, 0.29) is 30.5 Å². The van der Waals surface area contributed by atoms with E-state index < -0.39 is 17.5 Å². The third-order valence-electron chi connectivity index (χ3n) is 3.77. The molecule has 0 aromatic heterocycles. The maximum absolute atomic E-state index is 13.4. The van der Waals surface area contributed by atoms with Crippen molar-refractivity contribution in [3.8, 4) is 0 Å². The number of carbonyl (C=O) groups excluding carboxylic acids is 2. The van der Waals surface area contributed by atoms with Crippen LogP contribution in [0.5, 0.6) is 0 Å². The van der Waals surface area contributed by atoms with E-state index in [1.807, 2.05) is 0 Å². The molecular weight excluding hydrogens is 311 g/mol. The van der Waals surface area contributed by atoms with Gasteiger partial charge in [-0.05, 0) is 12.1 Å². The van der Waals surface area contributed by atoms with Crippen molar-refractivity contribution in [1.82, 2.24) is 9.80 Å². The molecule has 1 aliphatic heterocycles. The minimum absolute atomic E-state index is 0.0208. The van der Waals surface area contributed by atoms with E-state index in [0.29, 0.717) is 26.2 Å². The molecule has 0 saturated carbocycles. The molecule has 23 heavy (non-hydrogen) atoms. The number of halogens is 3. The molecule has 0 aliphatic carbocycles. The summed E-state index contributed by atoms with van der Waals surface area (Å²) in [6, 6.07) is 1.91. The Labute approximate surface area is 132 Å². The summed E-state index contributed by atoms with van der Waals surface area (Å²) in [6.07, 6.45) is 0.0957. The maximum atomic E-state index is 13.4. The van der Waals surface area contributed by atoms with Crippen molar-refractivity contribution >= 4 is 17.5 Å². The predicted octanol–water partition coefficient (Wildman–Crippen LogP) is 1.60. The fourth-order valence-corrected chi connectivity index (χ4v) is 2.40. The lowest BCUT2D eigenvalue weighted by molar-refractivity contribution is -0.138. The van der Waals surface area contributed by atoms with E-state index in [1.54, 1.807) is 9.80 Å². The van der Waals surface area contributed by atoms with Gasteiger partial charge in [0.25, 0.3) is 0 Å². The quantitative estimate of drug-likeness (QED) is 0.854. The molecule has 2 rings (SSSR count). The van der Waals surface area contributed by atoms with E-state index in [9.17, 15) is 22.8 Å². The number of hydrogen-bond acceptors (Lipinski definition) is 3. The van der Waals surface area contributed by atoms with Gasteiger partial charge in [0.15, 0.2) is 17.5 Å². The monoisotopic (exact) mass is 329 g/mol. The zero-order valence-corrected chi connectivity index (χ0v) is 12.7. The summed E-state index contributed by atoms with van der Waals surface area (Å²) in [5, 5.41) is 2.58. The van der Waals surface area contributed by atoms with Gasteiger partial charge in [0.2, 0.25) is 11.8 Å². The van der Waals surface area contributed by atoms with E-state index in [0.717, 1.165) is 12.1 Å². The summed E-state index contributed by atoms with van der Waals surface area (Å²) in [4.78, 5) is 26.5. The minimum atomic E-state index is -1.54. The zero-order chi connectivity index (χ0) is 17.0. The van der Waals surface area contributed by atoms with Crippen molar-refractivity contribution in [1.29, 1.82) is 0 Å². The van der Waals surface area contributed by atoms with Crippen molar-refractivity contribution in [2.75, 3.05) is 38.0 Å². The van der Waals surface area contributed by atoms with Gasteiger partial charge in [0, 0.05) is 46.1 Å². The van der Waals surface area contributed by atoms with E-state index in [1.165, 1.54) is 6.92 Å². The second-order valence-electron chi connectivity index (χ2n) is 5.29. The fourth-order valence-electron chi connectivity index (χ4n) is 2.40. The molecule has 126 valence electrons. The van der Waals surface area contributed by atoms with Crippen LogP contribution in [0.4, 0.5) is 18.9 Å². The van der Waals surface area contributed by atoms with E-state index >= 15 is 0 Å². The minimum Gasteiger partial charge on any atom is -0.382 e. The number of piperazine rings is 1. The number of nitrogens with zero attached hydrogens (tertiary/aromatic N) is 2. The van der Waals surface area contributed by atoms with Crippen LogP contribution in [0.1, 0.15) is 13.3 Å². The highest BCUT2D eigenvalue weighted by molar-refractivity contribution is 5.78. The molecular formula is C15H18F3N3O2. The highest BCUT2D eigenvalue weighted by atomic mass is 19.2. The molecule has 2 amide bonds. The van der Waals surface area contributed by atoms with Gasteiger partial charge in [-0.15, -0.1) is 0 Å². The van der Waals surface area contributed by atoms with E-state index in [4.69, 9.17) is 0 Å². The predicted molar refractivity (Wildman–Crippen MR) is 78.3 cm³/mol. The standard InChI is InChI=1S/C15H18F3N3O2/c1-10(22)20-6-8-21(9-7-20)13(23)4-5-19-12-3-2-11(16)14(17)15(12)18/h2-3,19H,4-9H2,1H3. The summed E-state index contributed by atoms with van der Waals surface area (Å²) >= 11 is 0. The van der Waals surface area contributed by atoms with Gasteiger partial charge in [-0.1, -0.05) is 0 Å². The summed E-state index contributed by atoms with van der Waals surface area (Å²) in [5.41, 5.74) is -0.182. The van der Waals surface area contributed by atoms with Crippen molar-refractivity contribution in [3.63, 3.8) is 0 Å². The fraction of sp³-hybridized carbons (Fsp3) is 0.467. The Kier molecular flexibility index (Phi) is 5.46. The third kappa shape index (κ3) is 4.14. The number of benzene rings is 1. The summed E-state index contributed by atoms with van der Waals surface area (Å²) < 4.78 is 39.3. The second-order valence-corrected chi connectivity index (χ2v) is 5.29. The van der Waals surface area contributed by atoms with Gasteiger partial charge in [-0.25, -0.2) is 13.2 Å². The molecule has 5 nitrogen and oxygen atoms in total. The van der Waals surface area contributed by atoms with Crippen LogP contribution in [0.3, 0.4) is 0 Å². The van der Waals surface area contributed by atoms with Crippen molar-refractivity contribution < 1.29 is 22.8 Å². The molecule has 1 heterocycles. The van der Waals surface area contributed by atoms with Gasteiger partial charge in [0.05, 0.1) is 5.69 Å². The lowest BCUT2D eigenvalue weighted by Gasteiger charge is -2.34. The maximum Gasteiger partial charge on any atom is 0.224 e. The largest absolute Gasteiger partial charge is 0.382 e. The van der Waals surface area contributed by atoms with Gasteiger partial charge in [-0.3, -0.25) is 9.59 Å². The number of nitrogens with one attached hydrogen (secondary N) is 1. The molecule has 0 unspecified atom stereocenters. The van der Waals surface area contributed by atoms with Crippen LogP contribution >= 0.6 is 0 Å². The van der Waals surface area contributed by atoms with Crippen LogP contribution in [0.25, 0.3) is 0 Å². The highest BCUT2D eigenvalue weighted by Gasteiger charge is 2.22. The highest BCUT2D eigenvalue weighted by Crippen LogP contribution is 2.19. The average Bonchev–Trinajstić information content (AvgIpc) is 2.54. The van der Waals surface area contributed by atoms with Gasteiger partial charge in [0.1, 0.15) is 0 Å². The number of rotatable bonds is 4. The molecule has 8 heteroatoms. The number of anilines is 1. The first-order valence-electron chi connectivity index (χ1n) is 7.31. The molecule has 1 aromatic rings. The van der Waals surface area contributed by atoms with Crippen molar-refractivity contribution in [2.45, 2.75) is 13.3 Å². The number of carbonyl (C=O) groups is 2. The van der Waals surface area contributed by atoms with E-state index in [2.05, 4.69) is 5.32 Å². The van der Waals surface area contributed by atoms with Crippen LogP contribution in [0, 0.1) is 17.5 Å². The Balaban J connectivity index is 1.80. The smallest absolute Gasteiger partial charge is 0.224 e. The lowest BCUT2D eigenvalue weighted by Crippen LogP contribution is -2.50. The molecule has 0 atom stereocenters. The first kappa shape index (κ1) is 17.1.